The molecule has 182 valence electrons. The van der Waals surface area contributed by atoms with E-state index in [0.717, 1.165) is 24.0 Å². The van der Waals surface area contributed by atoms with Crippen molar-refractivity contribution >= 4 is 23.5 Å². The van der Waals surface area contributed by atoms with E-state index in [-0.39, 0.29) is 41.4 Å². The zero-order chi connectivity index (χ0) is 24.7. The lowest BCUT2D eigenvalue weighted by Crippen LogP contribution is -2.33. The molecule has 5 rings (SSSR count). The van der Waals surface area contributed by atoms with Crippen LogP contribution in [0.4, 0.5) is 4.39 Å². The van der Waals surface area contributed by atoms with Gasteiger partial charge in [0.05, 0.1) is 24.5 Å². The van der Waals surface area contributed by atoms with Crippen LogP contribution in [0.1, 0.15) is 43.7 Å². The molecule has 1 aliphatic carbocycles. The molecule has 2 aliphatic heterocycles. The lowest BCUT2D eigenvalue weighted by atomic mass is 9.69. The van der Waals surface area contributed by atoms with Crippen LogP contribution >= 0.6 is 0 Å². The molecule has 2 amide bonds. The van der Waals surface area contributed by atoms with Crippen molar-refractivity contribution in [3.63, 3.8) is 0 Å². The molecule has 2 aromatic carbocycles. The van der Waals surface area contributed by atoms with Gasteiger partial charge in [-0.1, -0.05) is 55.0 Å². The highest BCUT2D eigenvalue weighted by Crippen LogP contribution is 2.50. The first-order valence-electron chi connectivity index (χ1n) is 12.3. The molecule has 0 unspecified atom stereocenters. The SMILES string of the molecule is CCC1=C2[C@@H](CC/C(=C/c3ccc(O)c(F)c3)c3ccccc3)OC[C@@H]2[C@@H]2C(=O)N(C)C(=O)[C@@H]2C1. The molecule has 3 aliphatic rings. The number of halogens is 1. The van der Waals surface area contributed by atoms with Crippen LogP contribution in [-0.4, -0.2) is 41.6 Å². The number of ether oxygens (including phenoxy) is 1. The molecule has 0 bridgehead atoms. The third kappa shape index (κ3) is 4.20. The number of likely N-dealkylation sites (tertiary alicyclic amines) is 1. The molecule has 2 fully saturated rings. The number of benzene rings is 2. The van der Waals surface area contributed by atoms with Gasteiger partial charge in [0, 0.05) is 13.0 Å². The Labute approximate surface area is 204 Å². The van der Waals surface area contributed by atoms with Crippen LogP contribution in [-0.2, 0) is 14.3 Å². The topological polar surface area (TPSA) is 66.8 Å². The number of phenols is 1. The third-order valence-electron chi connectivity index (χ3n) is 7.79. The second-order valence-corrected chi connectivity index (χ2v) is 9.70. The normalized spacial score (nSPS) is 26.4. The smallest absolute Gasteiger partial charge is 0.233 e. The number of allylic oxidation sites excluding steroid dienone is 2. The predicted octanol–water partition coefficient (Wildman–Crippen LogP) is 5.21. The number of hydrogen-bond donors (Lipinski definition) is 1. The minimum atomic E-state index is -0.650. The fourth-order valence-electron chi connectivity index (χ4n) is 6.02. The first-order valence-corrected chi connectivity index (χ1v) is 12.3. The lowest BCUT2D eigenvalue weighted by molar-refractivity contribution is -0.138. The van der Waals surface area contributed by atoms with E-state index in [2.05, 4.69) is 6.92 Å². The van der Waals surface area contributed by atoms with Crippen molar-refractivity contribution in [1.29, 1.82) is 0 Å². The summed E-state index contributed by atoms with van der Waals surface area (Å²) in [6.07, 6.45) is 4.75. The fourth-order valence-corrected chi connectivity index (χ4v) is 6.02. The highest BCUT2D eigenvalue weighted by Gasteiger charge is 2.55. The number of carbonyl (C=O) groups is 2. The van der Waals surface area contributed by atoms with E-state index in [1.807, 2.05) is 36.4 Å². The maximum Gasteiger partial charge on any atom is 0.233 e. The van der Waals surface area contributed by atoms with Crippen LogP contribution in [0.3, 0.4) is 0 Å². The first kappa shape index (κ1) is 23.5. The number of aromatic hydroxyl groups is 1. The van der Waals surface area contributed by atoms with Crippen molar-refractivity contribution < 1.29 is 23.8 Å². The van der Waals surface area contributed by atoms with E-state index in [9.17, 15) is 19.1 Å². The summed E-state index contributed by atoms with van der Waals surface area (Å²) in [6, 6.07) is 14.4. The molecule has 1 N–H and O–H groups in total. The summed E-state index contributed by atoms with van der Waals surface area (Å²) in [5.41, 5.74) is 5.23. The van der Waals surface area contributed by atoms with Gasteiger partial charge in [-0.05, 0) is 60.1 Å². The molecule has 2 heterocycles. The van der Waals surface area contributed by atoms with Crippen LogP contribution in [0.5, 0.6) is 5.75 Å². The highest BCUT2D eigenvalue weighted by molar-refractivity contribution is 6.05. The van der Waals surface area contributed by atoms with Crippen molar-refractivity contribution in [2.24, 2.45) is 17.8 Å². The van der Waals surface area contributed by atoms with Gasteiger partial charge in [-0.3, -0.25) is 14.5 Å². The maximum absolute atomic E-state index is 14.0. The summed E-state index contributed by atoms with van der Waals surface area (Å²) in [5, 5.41) is 9.55. The molecular weight excluding hydrogens is 445 g/mol. The van der Waals surface area contributed by atoms with Gasteiger partial charge in [-0.15, -0.1) is 0 Å². The number of carbonyl (C=O) groups excluding carboxylic acids is 2. The molecule has 2 aromatic rings. The number of imide groups is 1. The lowest BCUT2D eigenvalue weighted by Gasteiger charge is -2.31. The largest absolute Gasteiger partial charge is 0.505 e. The van der Waals surface area contributed by atoms with Crippen LogP contribution in [0.2, 0.25) is 0 Å². The maximum atomic E-state index is 14.0. The van der Waals surface area contributed by atoms with Gasteiger partial charge in [0.1, 0.15) is 0 Å². The Kier molecular flexibility index (Phi) is 6.32. The summed E-state index contributed by atoms with van der Waals surface area (Å²) < 4.78 is 20.2. The van der Waals surface area contributed by atoms with Crippen molar-refractivity contribution in [2.75, 3.05) is 13.7 Å². The molecule has 6 heteroatoms. The zero-order valence-corrected chi connectivity index (χ0v) is 20.0. The van der Waals surface area contributed by atoms with E-state index in [0.29, 0.717) is 25.0 Å². The molecule has 0 radical (unpaired) electrons. The van der Waals surface area contributed by atoms with E-state index in [4.69, 9.17) is 4.74 Å². The van der Waals surface area contributed by atoms with Crippen LogP contribution < -0.4 is 0 Å². The molecule has 0 spiro atoms. The minimum absolute atomic E-state index is 0.0366. The number of phenolic OH excluding ortho intramolecular Hbond substituents is 1. The second kappa shape index (κ2) is 9.42. The van der Waals surface area contributed by atoms with E-state index >= 15 is 0 Å². The summed E-state index contributed by atoms with van der Waals surface area (Å²) in [7, 11) is 1.59. The van der Waals surface area contributed by atoms with Gasteiger partial charge in [0.25, 0.3) is 0 Å². The van der Waals surface area contributed by atoms with Gasteiger partial charge in [-0.25, -0.2) is 4.39 Å². The summed E-state index contributed by atoms with van der Waals surface area (Å²) >= 11 is 0. The van der Waals surface area contributed by atoms with Gasteiger partial charge in [0.2, 0.25) is 11.8 Å². The Morgan fingerprint density at radius 1 is 1.14 bits per heavy atom. The summed E-state index contributed by atoms with van der Waals surface area (Å²) in [5.74, 6) is -1.78. The molecule has 35 heavy (non-hydrogen) atoms. The van der Waals surface area contributed by atoms with Crippen molar-refractivity contribution in [1.82, 2.24) is 4.90 Å². The molecule has 2 saturated heterocycles. The average molecular weight is 476 g/mol. The van der Waals surface area contributed by atoms with E-state index in [1.165, 1.54) is 28.2 Å². The monoisotopic (exact) mass is 475 g/mol. The Balaban J connectivity index is 1.42. The Morgan fingerprint density at radius 3 is 2.63 bits per heavy atom. The number of hydrogen-bond acceptors (Lipinski definition) is 4. The van der Waals surface area contributed by atoms with Crippen LogP contribution in [0, 0.1) is 23.6 Å². The van der Waals surface area contributed by atoms with Gasteiger partial charge < -0.3 is 9.84 Å². The number of amides is 2. The van der Waals surface area contributed by atoms with Crippen LogP contribution in [0.15, 0.2) is 59.7 Å². The quantitative estimate of drug-likeness (QED) is 0.354. The van der Waals surface area contributed by atoms with Crippen molar-refractivity contribution in [3.05, 3.63) is 76.6 Å². The minimum Gasteiger partial charge on any atom is -0.505 e. The van der Waals surface area contributed by atoms with Gasteiger partial charge in [-0.2, -0.15) is 0 Å². The predicted molar refractivity (Wildman–Crippen MR) is 132 cm³/mol. The molecular formula is C29H30FNO4. The summed E-state index contributed by atoms with van der Waals surface area (Å²) in [4.78, 5) is 26.8. The zero-order valence-electron chi connectivity index (χ0n) is 20.0. The number of fused-ring (bicyclic) bond motifs is 3. The van der Waals surface area contributed by atoms with Crippen LogP contribution in [0.25, 0.3) is 11.6 Å². The summed E-state index contributed by atoms with van der Waals surface area (Å²) in [6.45, 7) is 2.57. The van der Waals surface area contributed by atoms with Gasteiger partial charge in [0.15, 0.2) is 11.6 Å². The second-order valence-electron chi connectivity index (χ2n) is 9.70. The Morgan fingerprint density at radius 2 is 1.91 bits per heavy atom. The fraction of sp³-hybridized carbons (Fsp3) is 0.379. The van der Waals surface area contributed by atoms with Gasteiger partial charge >= 0.3 is 0 Å². The number of rotatable bonds is 6. The molecule has 5 nitrogen and oxygen atoms in total. The standard InChI is InChI=1S/C29H30FNO4/c1-3-18-15-21-27(29(34)31(2)28(21)33)22-16-35-25(26(18)22)12-10-20(19-7-5-4-6-8-19)13-17-9-11-24(32)23(30)14-17/h4-9,11,13-14,21-22,25,27,32H,3,10,12,15-16H2,1-2H3/b20-13-/t21-,22+,25-,27-/m1/s1. The molecule has 0 saturated carbocycles. The third-order valence-corrected chi connectivity index (χ3v) is 7.79. The Hall–Kier alpha value is -3.25. The van der Waals surface area contributed by atoms with Crippen molar-refractivity contribution in [2.45, 2.75) is 38.7 Å². The number of nitrogens with zero attached hydrogens (tertiary/aromatic N) is 1. The first-order chi connectivity index (χ1) is 16.9. The highest BCUT2D eigenvalue weighted by atomic mass is 19.1. The molecule has 4 atom stereocenters. The average Bonchev–Trinajstić information content (AvgIpc) is 3.39. The van der Waals surface area contributed by atoms with E-state index in [1.54, 1.807) is 13.1 Å². The van der Waals surface area contributed by atoms with E-state index < -0.39 is 5.82 Å². The molecule has 0 aromatic heterocycles. The van der Waals surface area contributed by atoms with Crippen molar-refractivity contribution in [3.8, 4) is 5.75 Å². The Bertz CT molecular complexity index is 1220.